The van der Waals surface area contributed by atoms with Crippen molar-refractivity contribution < 1.29 is 4.79 Å². The highest BCUT2D eigenvalue weighted by molar-refractivity contribution is 5.89. The van der Waals surface area contributed by atoms with Gasteiger partial charge in [-0.05, 0) is 24.6 Å². The predicted octanol–water partition coefficient (Wildman–Crippen LogP) is 2.93. The summed E-state index contributed by atoms with van der Waals surface area (Å²) in [7, 11) is 3.43. The van der Waals surface area contributed by atoms with Crippen molar-refractivity contribution in [1.82, 2.24) is 34.6 Å². The van der Waals surface area contributed by atoms with Crippen LogP contribution in [-0.4, -0.2) is 48.4 Å². The molecule has 2 atom stereocenters. The standard InChI is InChI=1S/C25H29N9O2/c1-25(2,3)19-11-20(34(32-19)15-7-6-8-27-13-15)30-24(36)29-18-10-16(18)17-9-14-12-28-23(26-4)31-21(14)33(5)22(17)35/h6-9,11-13,16,18H,10H2,1-5H3,(H,26,28,31)(H2,29,30,36). The maximum atomic E-state index is 13.0. The Morgan fingerprint density at radius 1 is 1.19 bits per heavy atom. The number of anilines is 2. The molecule has 2 amide bonds. The average molecular weight is 488 g/mol. The number of fused-ring (bicyclic) bond motifs is 1. The van der Waals surface area contributed by atoms with Gasteiger partial charge in [-0.25, -0.2) is 14.5 Å². The molecule has 0 aromatic carbocycles. The highest BCUT2D eigenvalue weighted by atomic mass is 16.2. The molecule has 0 saturated heterocycles. The number of hydrogen-bond donors (Lipinski definition) is 3. The van der Waals surface area contributed by atoms with E-state index in [2.05, 4.69) is 51.7 Å². The summed E-state index contributed by atoms with van der Waals surface area (Å²) in [6, 6.07) is 6.90. The van der Waals surface area contributed by atoms with Crippen molar-refractivity contribution in [1.29, 1.82) is 0 Å². The van der Waals surface area contributed by atoms with Gasteiger partial charge in [0.1, 0.15) is 11.5 Å². The third kappa shape index (κ3) is 4.39. The number of aromatic nitrogens is 6. The second-order valence-corrected chi connectivity index (χ2v) is 10.0. The third-order valence-electron chi connectivity index (χ3n) is 6.32. The maximum Gasteiger partial charge on any atom is 0.320 e. The van der Waals surface area contributed by atoms with E-state index < -0.39 is 0 Å². The Morgan fingerprint density at radius 2 is 2.00 bits per heavy atom. The molecule has 11 heteroatoms. The van der Waals surface area contributed by atoms with Crippen molar-refractivity contribution in [3.8, 4) is 5.69 Å². The molecular formula is C25H29N9O2. The highest BCUT2D eigenvalue weighted by Gasteiger charge is 2.42. The molecule has 0 bridgehead atoms. The molecule has 0 spiro atoms. The van der Waals surface area contributed by atoms with Gasteiger partial charge in [-0.3, -0.25) is 19.7 Å². The number of rotatable bonds is 5. The smallest absolute Gasteiger partial charge is 0.320 e. The van der Waals surface area contributed by atoms with Crippen molar-refractivity contribution in [2.24, 2.45) is 7.05 Å². The molecule has 4 heterocycles. The SMILES string of the molecule is CNc1ncc2cc(C3CC3NC(=O)Nc3cc(C(C)(C)C)nn3-c3cccnc3)c(=O)n(C)c2n1. The Hall–Kier alpha value is -4.28. The predicted molar refractivity (Wildman–Crippen MR) is 138 cm³/mol. The maximum absolute atomic E-state index is 13.0. The van der Waals surface area contributed by atoms with Gasteiger partial charge in [0, 0.05) is 60.9 Å². The van der Waals surface area contributed by atoms with E-state index in [1.165, 1.54) is 4.57 Å². The first-order chi connectivity index (χ1) is 17.2. The van der Waals surface area contributed by atoms with Crippen LogP contribution in [0.1, 0.15) is 44.4 Å². The monoisotopic (exact) mass is 487 g/mol. The Bertz CT molecular complexity index is 1500. The topological polar surface area (TPSA) is 132 Å². The molecule has 36 heavy (non-hydrogen) atoms. The van der Waals surface area contributed by atoms with Gasteiger partial charge in [-0.1, -0.05) is 20.8 Å². The van der Waals surface area contributed by atoms with E-state index in [-0.39, 0.29) is 29.0 Å². The second-order valence-electron chi connectivity index (χ2n) is 10.0. The van der Waals surface area contributed by atoms with Crippen LogP contribution in [0.4, 0.5) is 16.6 Å². The molecule has 2 unspecified atom stereocenters. The number of aryl methyl sites for hydroxylation is 1. The summed E-state index contributed by atoms with van der Waals surface area (Å²) >= 11 is 0. The molecule has 0 aliphatic heterocycles. The first-order valence-corrected chi connectivity index (χ1v) is 11.8. The number of amides is 2. The molecule has 3 N–H and O–H groups in total. The summed E-state index contributed by atoms with van der Waals surface area (Å²) in [5.41, 5.74) is 2.47. The Balaban J connectivity index is 1.34. The van der Waals surface area contributed by atoms with E-state index in [9.17, 15) is 9.59 Å². The third-order valence-corrected chi connectivity index (χ3v) is 6.32. The fourth-order valence-electron chi connectivity index (χ4n) is 4.19. The lowest BCUT2D eigenvalue weighted by molar-refractivity contribution is 0.251. The molecule has 1 saturated carbocycles. The minimum absolute atomic E-state index is 0.0730. The Morgan fingerprint density at radius 3 is 2.69 bits per heavy atom. The number of carbonyl (C=O) groups excluding carboxylic acids is 1. The molecule has 4 aromatic heterocycles. The van der Waals surface area contributed by atoms with Crippen LogP contribution >= 0.6 is 0 Å². The van der Waals surface area contributed by atoms with Gasteiger partial charge < -0.3 is 10.6 Å². The number of urea groups is 1. The summed E-state index contributed by atoms with van der Waals surface area (Å²) in [6.45, 7) is 6.20. The van der Waals surface area contributed by atoms with Crippen LogP contribution in [0.2, 0.25) is 0 Å². The number of nitrogens with one attached hydrogen (secondary N) is 3. The van der Waals surface area contributed by atoms with Gasteiger partial charge in [0.2, 0.25) is 5.95 Å². The van der Waals surface area contributed by atoms with E-state index in [0.717, 1.165) is 16.8 Å². The molecule has 0 radical (unpaired) electrons. The molecule has 11 nitrogen and oxygen atoms in total. The zero-order valence-electron chi connectivity index (χ0n) is 20.9. The normalized spacial score (nSPS) is 17.1. The van der Waals surface area contributed by atoms with Crippen LogP contribution in [0.25, 0.3) is 16.7 Å². The van der Waals surface area contributed by atoms with Crippen molar-refractivity contribution in [3.05, 3.63) is 64.5 Å². The van der Waals surface area contributed by atoms with E-state index in [0.29, 0.717) is 29.4 Å². The van der Waals surface area contributed by atoms with Crippen LogP contribution in [0, 0.1) is 0 Å². The lowest BCUT2D eigenvalue weighted by Gasteiger charge is -2.14. The summed E-state index contributed by atoms with van der Waals surface area (Å²) in [6.07, 6.45) is 5.76. The van der Waals surface area contributed by atoms with Crippen LogP contribution in [0.15, 0.2) is 47.7 Å². The van der Waals surface area contributed by atoms with E-state index in [4.69, 9.17) is 5.10 Å². The first kappa shape index (κ1) is 23.5. The van der Waals surface area contributed by atoms with E-state index >= 15 is 0 Å². The average Bonchev–Trinajstić information content (AvgIpc) is 3.47. The zero-order valence-corrected chi connectivity index (χ0v) is 20.9. The number of pyridine rings is 2. The molecule has 1 fully saturated rings. The van der Waals surface area contributed by atoms with Crippen molar-refractivity contribution in [2.75, 3.05) is 17.7 Å². The summed E-state index contributed by atoms with van der Waals surface area (Å²) < 4.78 is 3.21. The summed E-state index contributed by atoms with van der Waals surface area (Å²) in [4.78, 5) is 38.8. The lowest BCUT2D eigenvalue weighted by atomic mass is 9.92. The summed E-state index contributed by atoms with van der Waals surface area (Å²) in [5, 5.41) is 14.3. The van der Waals surface area contributed by atoms with Gasteiger partial charge in [-0.2, -0.15) is 10.1 Å². The van der Waals surface area contributed by atoms with Crippen LogP contribution in [-0.2, 0) is 12.5 Å². The minimum atomic E-state index is -0.354. The second kappa shape index (κ2) is 8.74. The van der Waals surface area contributed by atoms with Crippen molar-refractivity contribution in [3.63, 3.8) is 0 Å². The largest absolute Gasteiger partial charge is 0.357 e. The van der Waals surface area contributed by atoms with E-state index in [1.54, 1.807) is 37.4 Å². The number of hydrogen-bond acceptors (Lipinski definition) is 7. The number of carbonyl (C=O) groups is 1. The van der Waals surface area contributed by atoms with Gasteiger partial charge in [0.15, 0.2) is 0 Å². The Kier molecular flexibility index (Phi) is 5.70. The molecule has 5 rings (SSSR count). The lowest BCUT2D eigenvalue weighted by Crippen LogP contribution is -2.33. The van der Waals surface area contributed by atoms with Crippen LogP contribution in [0.3, 0.4) is 0 Å². The first-order valence-electron chi connectivity index (χ1n) is 11.8. The molecular weight excluding hydrogens is 458 g/mol. The highest BCUT2D eigenvalue weighted by Crippen LogP contribution is 2.40. The van der Waals surface area contributed by atoms with E-state index in [1.807, 2.05) is 24.3 Å². The van der Waals surface area contributed by atoms with Gasteiger partial charge in [-0.15, -0.1) is 0 Å². The fraction of sp³-hybridized carbons (Fsp3) is 0.360. The molecule has 4 aromatic rings. The van der Waals surface area contributed by atoms with Crippen molar-refractivity contribution in [2.45, 2.75) is 44.6 Å². The van der Waals surface area contributed by atoms with Gasteiger partial charge in [0.25, 0.3) is 5.56 Å². The van der Waals surface area contributed by atoms with Crippen molar-refractivity contribution >= 4 is 28.8 Å². The van der Waals surface area contributed by atoms with Gasteiger partial charge >= 0.3 is 6.03 Å². The van der Waals surface area contributed by atoms with Crippen LogP contribution in [0.5, 0.6) is 0 Å². The molecule has 1 aliphatic carbocycles. The summed E-state index contributed by atoms with van der Waals surface area (Å²) in [5.74, 6) is 0.922. The number of nitrogens with zero attached hydrogens (tertiary/aromatic N) is 6. The van der Waals surface area contributed by atoms with Gasteiger partial charge in [0.05, 0.1) is 17.6 Å². The Labute approximate surface area is 208 Å². The minimum Gasteiger partial charge on any atom is -0.357 e. The zero-order chi connectivity index (χ0) is 25.6. The molecule has 186 valence electrons. The quantitative estimate of drug-likeness (QED) is 0.394. The molecule has 1 aliphatic rings. The van der Waals surface area contributed by atoms with Crippen LogP contribution < -0.4 is 21.5 Å². The fourth-order valence-corrected chi connectivity index (χ4v) is 4.19.